The number of hydrogen-bond donors (Lipinski definition) is 0. The first kappa shape index (κ1) is 19.7. The summed E-state index contributed by atoms with van der Waals surface area (Å²) in [5.41, 5.74) is 0. The zero-order chi connectivity index (χ0) is 17.7. The van der Waals surface area contributed by atoms with E-state index in [9.17, 15) is 17.6 Å². The first-order valence-corrected chi connectivity index (χ1v) is 8.91. The Hall–Kier alpha value is -0.620. The van der Waals surface area contributed by atoms with E-state index in [-0.39, 0.29) is 6.61 Å². The molecular weight excluding hydrogens is 324 g/mol. The van der Waals surface area contributed by atoms with Crippen LogP contribution >= 0.6 is 0 Å². The van der Waals surface area contributed by atoms with Crippen molar-refractivity contribution in [1.82, 2.24) is 0 Å². The van der Waals surface area contributed by atoms with Gasteiger partial charge < -0.3 is 9.47 Å². The molecule has 0 N–H and O–H groups in total. The number of ether oxygens (including phenoxy) is 2. The molecule has 0 saturated heterocycles. The molecule has 0 aromatic heterocycles. The summed E-state index contributed by atoms with van der Waals surface area (Å²) in [5.74, 6) is -1.60. The molecule has 2 saturated carbocycles. The van der Waals surface area contributed by atoms with Crippen LogP contribution in [0.1, 0.15) is 39.0 Å². The van der Waals surface area contributed by atoms with Crippen molar-refractivity contribution in [2.75, 3.05) is 13.2 Å². The molecule has 0 aliphatic heterocycles. The quantitative estimate of drug-likeness (QED) is 0.495. The second-order valence-corrected chi connectivity index (χ2v) is 6.83. The van der Waals surface area contributed by atoms with Crippen molar-refractivity contribution in [3.63, 3.8) is 0 Å². The summed E-state index contributed by atoms with van der Waals surface area (Å²) in [5, 5.41) is 0. The third-order valence-electron chi connectivity index (χ3n) is 5.22. The van der Waals surface area contributed by atoms with Gasteiger partial charge in [0.15, 0.2) is 12.3 Å². The normalized spacial score (nSPS) is 43.5. The molecule has 0 aromatic carbocycles. The molecule has 140 valence electrons. The van der Waals surface area contributed by atoms with Crippen LogP contribution in [0.3, 0.4) is 0 Å². The smallest absolute Gasteiger partial charge is 0.157 e. The summed E-state index contributed by atoms with van der Waals surface area (Å²) >= 11 is 0. The molecule has 0 radical (unpaired) electrons. The molecule has 6 heteroatoms. The minimum Gasteiger partial charge on any atom is -0.375 e. The molecule has 0 amide bonds. The Morgan fingerprint density at radius 1 is 0.833 bits per heavy atom. The van der Waals surface area contributed by atoms with E-state index < -0.39 is 48.7 Å². The highest BCUT2D eigenvalue weighted by atomic mass is 19.2. The minimum atomic E-state index is -1.82. The average molecular weight is 352 g/mol. The Bertz CT molecular complexity index is 395. The molecular formula is C18H28F4O2. The minimum absolute atomic E-state index is 0.153. The molecule has 0 bridgehead atoms. The van der Waals surface area contributed by atoms with E-state index in [1.165, 1.54) is 6.08 Å². The number of hydrogen-bond acceptors (Lipinski definition) is 2. The summed E-state index contributed by atoms with van der Waals surface area (Å²) < 4.78 is 68.2. The second-order valence-electron chi connectivity index (χ2n) is 6.83. The summed E-state index contributed by atoms with van der Waals surface area (Å²) in [6, 6.07) is 0. The SMILES string of the molecule is C=CCOC1CCC(C2CCC(OCCC)C(F)C2F)C(F)C1F. The first-order chi connectivity index (χ1) is 11.5. The van der Waals surface area contributed by atoms with E-state index in [0.717, 1.165) is 6.42 Å². The standard InChI is InChI=1S/C18H28F4O2/c1-3-9-23-13-7-5-11(15(19)17(13)21)12-6-8-14(24-10-4-2)18(22)16(12)20/h3,11-18H,1,4-10H2,2H3. The largest absolute Gasteiger partial charge is 0.375 e. The highest BCUT2D eigenvalue weighted by Gasteiger charge is 2.50. The maximum absolute atomic E-state index is 14.5. The number of rotatable bonds is 7. The lowest BCUT2D eigenvalue weighted by Crippen LogP contribution is -2.51. The fraction of sp³-hybridized carbons (Fsp3) is 0.889. The Kier molecular flexibility index (Phi) is 7.54. The fourth-order valence-electron chi connectivity index (χ4n) is 3.94. The van der Waals surface area contributed by atoms with Crippen LogP contribution in [0.5, 0.6) is 0 Å². The van der Waals surface area contributed by atoms with E-state index in [1.54, 1.807) is 0 Å². The van der Waals surface area contributed by atoms with E-state index in [0.29, 0.717) is 32.3 Å². The molecule has 8 atom stereocenters. The van der Waals surface area contributed by atoms with Gasteiger partial charge in [0.25, 0.3) is 0 Å². The van der Waals surface area contributed by atoms with Crippen molar-refractivity contribution in [3.8, 4) is 0 Å². The third-order valence-corrected chi connectivity index (χ3v) is 5.22. The summed E-state index contributed by atoms with van der Waals surface area (Å²) in [7, 11) is 0. The molecule has 8 unspecified atom stereocenters. The molecule has 24 heavy (non-hydrogen) atoms. The lowest BCUT2D eigenvalue weighted by Gasteiger charge is -2.43. The molecule has 0 spiro atoms. The molecule has 2 rings (SSSR count). The van der Waals surface area contributed by atoms with Gasteiger partial charge in [-0.15, -0.1) is 6.58 Å². The van der Waals surface area contributed by atoms with Crippen LogP contribution in [-0.4, -0.2) is 50.1 Å². The van der Waals surface area contributed by atoms with Crippen LogP contribution in [0.4, 0.5) is 17.6 Å². The molecule has 0 heterocycles. The summed E-state index contributed by atoms with van der Waals surface area (Å²) in [6.45, 7) is 5.91. The highest BCUT2D eigenvalue weighted by Crippen LogP contribution is 2.44. The van der Waals surface area contributed by atoms with Gasteiger partial charge in [0.05, 0.1) is 18.8 Å². The van der Waals surface area contributed by atoms with E-state index in [4.69, 9.17) is 9.47 Å². The molecule has 2 fully saturated rings. The number of alkyl halides is 4. The van der Waals surface area contributed by atoms with Gasteiger partial charge in [-0.25, -0.2) is 17.6 Å². The van der Waals surface area contributed by atoms with Crippen molar-refractivity contribution in [1.29, 1.82) is 0 Å². The molecule has 2 aliphatic rings. The van der Waals surface area contributed by atoms with Crippen molar-refractivity contribution < 1.29 is 27.0 Å². The third kappa shape index (κ3) is 4.31. The zero-order valence-corrected chi connectivity index (χ0v) is 14.2. The van der Waals surface area contributed by atoms with Gasteiger partial charge in [-0.05, 0) is 43.9 Å². The predicted octanol–water partition coefficient (Wildman–Crippen LogP) is 4.53. The van der Waals surface area contributed by atoms with Crippen molar-refractivity contribution in [2.45, 2.75) is 75.9 Å². The first-order valence-electron chi connectivity index (χ1n) is 8.91. The van der Waals surface area contributed by atoms with Gasteiger partial charge in [0.2, 0.25) is 0 Å². The zero-order valence-electron chi connectivity index (χ0n) is 14.2. The van der Waals surface area contributed by atoms with Crippen molar-refractivity contribution in [2.24, 2.45) is 11.8 Å². The van der Waals surface area contributed by atoms with Gasteiger partial charge in [-0.3, -0.25) is 0 Å². The Morgan fingerprint density at radius 2 is 1.33 bits per heavy atom. The van der Waals surface area contributed by atoms with Gasteiger partial charge >= 0.3 is 0 Å². The van der Waals surface area contributed by atoms with Crippen LogP contribution < -0.4 is 0 Å². The second kappa shape index (κ2) is 9.18. The van der Waals surface area contributed by atoms with E-state index in [1.807, 2.05) is 6.92 Å². The van der Waals surface area contributed by atoms with Crippen LogP contribution in [0.25, 0.3) is 0 Å². The van der Waals surface area contributed by atoms with Crippen molar-refractivity contribution in [3.05, 3.63) is 12.7 Å². The van der Waals surface area contributed by atoms with Crippen LogP contribution in [0.2, 0.25) is 0 Å². The maximum atomic E-state index is 14.5. The van der Waals surface area contributed by atoms with Crippen LogP contribution in [0, 0.1) is 11.8 Å². The molecule has 2 aliphatic carbocycles. The lowest BCUT2D eigenvalue weighted by molar-refractivity contribution is -0.119. The van der Waals surface area contributed by atoms with E-state index in [2.05, 4.69) is 6.58 Å². The topological polar surface area (TPSA) is 18.5 Å². The van der Waals surface area contributed by atoms with Gasteiger partial charge in [-0.1, -0.05) is 13.0 Å². The average Bonchev–Trinajstić information content (AvgIpc) is 2.58. The predicted molar refractivity (Wildman–Crippen MR) is 85.0 cm³/mol. The Labute approximate surface area is 141 Å². The lowest BCUT2D eigenvalue weighted by atomic mass is 9.69. The van der Waals surface area contributed by atoms with Crippen molar-refractivity contribution >= 4 is 0 Å². The van der Waals surface area contributed by atoms with Gasteiger partial charge in [-0.2, -0.15) is 0 Å². The number of halogens is 4. The Morgan fingerprint density at radius 3 is 1.79 bits per heavy atom. The summed E-state index contributed by atoms with van der Waals surface area (Å²) in [6.07, 6.45) is -5.30. The van der Waals surface area contributed by atoms with Crippen LogP contribution in [-0.2, 0) is 9.47 Å². The van der Waals surface area contributed by atoms with Crippen LogP contribution in [0.15, 0.2) is 12.7 Å². The monoisotopic (exact) mass is 352 g/mol. The summed E-state index contributed by atoms with van der Waals surface area (Å²) in [4.78, 5) is 0. The molecule has 0 aromatic rings. The molecule has 2 nitrogen and oxygen atoms in total. The van der Waals surface area contributed by atoms with E-state index >= 15 is 0 Å². The van der Waals surface area contributed by atoms with Gasteiger partial charge in [0.1, 0.15) is 12.3 Å². The Balaban J connectivity index is 1.95. The maximum Gasteiger partial charge on any atom is 0.157 e. The van der Waals surface area contributed by atoms with Gasteiger partial charge in [0, 0.05) is 6.61 Å². The fourth-order valence-corrected chi connectivity index (χ4v) is 3.94. The highest BCUT2D eigenvalue weighted by molar-refractivity contribution is 4.98.